The largest absolute Gasteiger partial charge is 0.342 e. The molecule has 0 aliphatic heterocycles. The minimum atomic E-state index is -0.189. The van der Waals surface area contributed by atoms with Gasteiger partial charge in [-0.3, -0.25) is 4.79 Å². The first-order valence-electron chi connectivity index (χ1n) is 7.09. The van der Waals surface area contributed by atoms with E-state index in [1.807, 2.05) is 23.1 Å². The molecular weight excluding hydrogens is 222 g/mol. The molecule has 1 amide bonds. The summed E-state index contributed by atoms with van der Waals surface area (Å²) in [6.45, 7) is 5.98. The highest BCUT2D eigenvalue weighted by Gasteiger charge is 2.52. The van der Waals surface area contributed by atoms with Crippen LogP contribution in [-0.4, -0.2) is 23.9 Å². The Morgan fingerprint density at radius 1 is 1.22 bits per heavy atom. The number of benzene rings is 1. The first kappa shape index (κ1) is 13.1. The second kappa shape index (κ2) is 5.55. The molecule has 2 nitrogen and oxygen atoms in total. The van der Waals surface area contributed by atoms with Crippen molar-refractivity contribution >= 4 is 5.91 Å². The molecule has 0 bridgehead atoms. The van der Waals surface area contributed by atoms with Gasteiger partial charge in [0.15, 0.2) is 0 Å². The molecule has 1 fully saturated rings. The molecular formula is C16H23NO. The van der Waals surface area contributed by atoms with Crippen LogP contribution in [0.1, 0.15) is 45.1 Å². The van der Waals surface area contributed by atoms with Crippen LogP contribution in [0, 0.1) is 0 Å². The van der Waals surface area contributed by atoms with Crippen molar-refractivity contribution in [1.29, 1.82) is 0 Å². The van der Waals surface area contributed by atoms with Crippen LogP contribution >= 0.6 is 0 Å². The number of amides is 1. The number of unbranched alkanes of at least 4 members (excludes halogenated alkanes) is 1. The molecule has 0 spiro atoms. The summed E-state index contributed by atoms with van der Waals surface area (Å²) in [7, 11) is 0. The zero-order valence-corrected chi connectivity index (χ0v) is 11.5. The van der Waals surface area contributed by atoms with Crippen LogP contribution < -0.4 is 0 Å². The summed E-state index contributed by atoms with van der Waals surface area (Å²) >= 11 is 0. The topological polar surface area (TPSA) is 20.3 Å². The lowest BCUT2D eigenvalue weighted by atomic mass is 9.94. The van der Waals surface area contributed by atoms with Crippen LogP contribution in [0.15, 0.2) is 30.3 Å². The van der Waals surface area contributed by atoms with Crippen molar-refractivity contribution in [2.24, 2.45) is 0 Å². The fourth-order valence-corrected chi connectivity index (χ4v) is 2.56. The lowest BCUT2D eigenvalue weighted by Crippen LogP contribution is -2.39. The fourth-order valence-electron chi connectivity index (χ4n) is 2.56. The van der Waals surface area contributed by atoms with Gasteiger partial charge in [0.1, 0.15) is 0 Å². The monoisotopic (exact) mass is 245 g/mol. The van der Waals surface area contributed by atoms with Gasteiger partial charge in [-0.1, -0.05) is 43.7 Å². The van der Waals surface area contributed by atoms with E-state index in [2.05, 4.69) is 26.0 Å². The Balaban J connectivity index is 2.12. The zero-order valence-electron chi connectivity index (χ0n) is 11.5. The van der Waals surface area contributed by atoms with Crippen LogP contribution in [0.5, 0.6) is 0 Å². The lowest BCUT2D eigenvalue weighted by Gasteiger charge is -2.26. The maximum atomic E-state index is 12.7. The van der Waals surface area contributed by atoms with Crippen molar-refractivity contribution in [2.75, 3.05) is 13.1 Å². The SMILES string of the molecule is CCCCN(CC)C(=O)C1(c2ccccc2)CC1. The summed E-state index contributed by atoms with van der Waals surface area (Å²) in [6.07, 6.45) is 4.27. The number of hydrogen-bond acceptors (Lipinski definition) is 1. The van der Waals surface area contributed by atoms with E-state index in [-0.39, 0.29) is 5.41 Å². The standard InChI is InChI=1S/C16H23NO/c1-3-5-13-17(4-2)15(18)16(11-12-16)14-9-7-6-8-10-14/h6-10H,3-5,11-13H2,1-2H3. The van der Waals surface area contributed by atoms with Crippen molar-refractivity contribution in [3.8, 4) is 0 Å². The molecule has 2 heteroatoms. The summed E-state index contributed by atoms with van der Waals surface area (Å²) in [5.41, 5.74) is 1.01. The quantitative estimate of drug-likeness (QED) is 0.752. The maximum absolute atomic E-state index is 12.7. The van der Waals surface area contributed by atoms with E-state index in [0.29, 0.717) is 5.91 Å². The number of carbonyl (C=O) groups excluding carboxylic acids is 1. The van der Waals surface area contributed by atoms with Crippen LogP contribution in [0.4, 0.5) is 0 Å². The van der Waals surface area contributed by atoms with Gasteiger partial charge in [0.25, 0.3) is 0 Å². The molecule has 1 aliphatic carbocycles. The molecule has 1 saturated carbocycles. The van der Waals surface area contributed by atoms with E-state index in [9.17, 15) is 4.79 Å². The van der Waals surface area contributed by atoms with Gasteiger partial charge in [-0.25, -0.2) is 0 Å². The highest BCUT2D eigenvalue weighted by molar-refractivity contribution is 5.91. The molecule has 0 N–H and O–H groups in total. The number of rotatable bonds is 6. The smallest absolute Gasteiger partial charge is 0.233 e. The predicted octanol–water partition coefficient (Wildman–Crippen LogP) is 3.37. The van der Waals surface area contributed by atoms with E-state index in [1.165, 1.54) is 5.56 Å². The molecule has 98 valence electrons. The van der Waals surface area contributed by atoms with Crippen LogP contribution in [-0.2, 0) is 10.2 Å². The first-order valence-corrected chi connectivity index (χ1v) is 7.09. The summed E-state index contributed by atoms with van der Waals surface area (Å²) in [6, 6.07) is 10.3. The third-order valence-corrected chi connectivity index (χ3v) is 3.94. The second-order valence-corrected chi connectivity index (χ2v) is 5.19. The normalized spacial score (nSPS) is 16.3. The molecule has 1 aliphatic rings. The van der Waals surface area contributed by atoms with E-state index in [4.69, 9.17) is 0 Å². The number of likely N-dealkylation sites (N-methyl/N-ethyl adjacent to an activating group) is 1. The predicted molar refractivity (Wildman–Crippen MR) is 74.5 cm³/mol. The van der Waals surface area contributed by atoms with E-state index in [0.717, 1.165) is 38.8 Å². The Kier molecular flexibility index (Phi) is 4.05. The minimum absolute atomic E-state index is 0.189. The minimum Gasteiger partial charge on any atom is -0.342 e. The van der Waals surface area contributed by atoms with Crippen molar-refractivity contribution in [2.45, 2.75) is 44.9 Å². The van der Waals surface area contributed by atoms with Crippen molar-refractivity contribution in [3.05, 3.63) is 35.9 Å². The molecule has 0 unspecified atom stereocenters. The summed E-state index contributed by atoms with van der Waals surface area (Å²) < 4.78 is 0. The van der Waals surface area contributed by atoms with Crippen LogP contribution in [0.25, 0.3) is 0 Å². The summed E-state index contributed by atoms with van der Waals surface area (Å²) in [5, 5.41) is 0. The van der Waals surface area contributed by atoms with E-state index in [1.54, 1.807) is 0 Å². The molecule has 1 aromatic rings. The van der Waals surface area contributed by atoms with Gasteiger partial charge in [-0.2, -0.15) is 0 Å². The van der Waals surface area contributed by atoms with Gasteiger partial charge in [-0.15, -0.1) is 0 Å². The molecule has 0 saturated heterocycles. The Bertz CT molecular complexity index is 395. The molecule has 0 aromatic heterocycles. The second-order valence-electron chi connectivity index (χ2n) is 5.19. The molecule has 0 atom stereocenters. The third-order valence-electron chi connectivity index (χ3n) is 3.94. The van der Waals surface area contributed by atoms with Gasteiger partial charge in [-0.05, 0) is 31.7 Å². The lowest BCUT2D eigenvalue weighted by molar-refractivity contribution is -0.133. The number of carbonyl (C=O) groups is 1. The highest BCUT2D eigenvalue weighted by atomic mass is 16.2. The maximum Gasteiger partial charge on any atom is 0.233 e. The van der Waals surface area contributed by atoms with E-state index >= 15 is 0 Å². The van der Waals surface area contributed by atoms with Gasteiger partial charge in [0.05, 0.1) is 5.41 Å². The van der Waals surface area contributed by atoms with Crippen molar-refractivity contribution in [3.63, 3.8) is 0 Å². The van der Waals surface area contributed by atoms with Crippen molar-refractivity contribution < 1.29 is 4.79 Å². The van der Waals surface area contributed by atoms with Crippen LogP contribution in [0.2, 0.25) is 0 Å². The number of hydrogen-bond donors (Lipinski definition) is 0. The molecule has 0 radical (unpaired) electrons. The van der Waals surface area contributed by atoms with Gasteiger partial charge >= 0.3 is 0 Å². The fraction of sp³-hybridized carbons (Fsp3) is 0.562. The summed E-state index contributed by atoms with van der Waals surface area (Å²) in [4.78, 5) is 14.7. The molecule has 18 heavy (non-hydrogen) atoms. The molecule has 2 rings (SSSR count). The number of nitrogens with zero attached hydrogens (tertiary/aromatic N) is 1. The highest BCUT2D eigenvalue weighted by Crippen LogP contribution is 2.49. The Hall–Kier alpha value is -1.31. The summed E-state index contributed by atoms with van der Waals surface area (Å²) in [5.74, 6) is 0.338. The zero-order chi connectivity index (χ0) is 13.0. The van der Waals surface area contributed by atoms with Gasteiger partial charge in [0.2, 0.25) is 5.91 Å². The Labute approximate surface area is 110 Å². The average molecular weight is 245 g/mol. The Morgan fingerprint density at radius 3 is 2.39 bits per heavy atom. The van der Waals surface area contributed by atoms with Crippen molar-refractivity contribution in [1.82, 2.24) is 4.90 Å². The Morgan fingerprint density at radius 2 is 1.89 bits per heavy atom. The van der Waals surface area contributed by atoms with Crippen LogP contribution in [0.3, 0.4) is 0 Å². The van der Waals surface area contributed by atoms with E-state index < -0.39 is 0 Å². The molecule has 0 heterocycles. The van der Waals surface area contributed by atoms with Gasteiger partial charge in [0, 0.05) is 13.1 Å². The molecule has 1 aromatic carbocycles. The first-order chi connectivity index (χ1) is 8.74. The average Bonchev–Trinajstić information content (AvgIpc) is 3.22. The third kappa shape index (κ3) is 2.43. The van der Waals surface area contributed by atoms with Gasteiger partial charge < -0.3 is 4.90 Å².